The van der Waals surface area contributed by atoms with Crippen LogP contribution in [0.1, 0.15) is 60.8 Å². The zero-order chi connectivity index (χ0) is 19.6. The summed E-state index contributed by atoms with van der Waals surface area (Å²) in [4.78, 5) is 15.1. The standard InChI is InChI=1S/C21H27N3O2S/c1-6-24-17-11-18(26-5)15(10-16(17)14(2)12-21(24,3)4)13-22-23-20(25)19-8-7-9-27-19/h7-11,13-14H,6,12H2,1-5H3,(H,23,25)/b22-13+. The van der Waals surface area contributed by atoms with E-state index >= 15 is 0 Å². The predicted octanol–water partition coefficient (Wildman–Crippen LogP) is 4.63. The molecule has 0 saturated carbocycles. The van der Waals surface area contributed by atoms with Crippen molar-refractivity contribution in [2.45, 2.75) is 45.6 Å². The van der Waals surface area contributed by atoms with Crippen molar-refractivity contribution >= 4 is 29.1 Å². The van der Waals surface area contributed by atoms with E-state index in [1.807, 2.05) is 11.4 Å². The van der Waals surface area contributed by atoms with Crippen molar-refractivity contribution in [1.82, 2.24) is 5.43 Å². The summed E-state index contributed by atoms with van der Waals surface area (Å²) in [6, 6.07) is 7.85. The first-order valence-electron chi connectivity index (χ1n) is 9.24. The Labute approximate surface area is 165 Å². The molecule has 0 aliphatic carbocycles. The van der Waals surface area contributed by atoms with Crippen LogP contribution in [0.2, 0.25) is 0 Å². The number of methoxy groups -OCH3 is 1. The monoisotopic (exact) mass is 385 g/mol. The molecule has 0 bridgehead atoms. The number of benzene rings is 1. The summed E-state index contributed by atoms with van der Waals surface area (Å²) in [5, 5.41) is 6.00. The molecule has 144 valence electrons. The van der Waals surface area contributed by atoms with Crippen LogP contribution in [0.5, 0.6) is 5.75 Å². The van der Waals surface area contributed by atoms with Gasteiger partial charge in [-0.25, -0.2) is 5.43 Å². The minimum atomic E-state index is -0.203. The number of carbonyl (C=O) groups excluding carboxylic acids is 1. The average molecular weight is 386 g/mol. The Kier molecular flexibility index (Phi) is 5.56. The summed E-state index contributed by atoms with van der Waals surface area (Å²) in [5.41, 5.74) is 6.07. The van der Waals surface area contributed by atoms with Gasteiger partial charge in [-0.2, -0.15) is 5.10 Å². The minimum Gasteiger partial charge on any atom is -0.496 e. The van der Waals surface area contributed by atoms with Crippen LogP contribution in [-0.4, -0.2) is 31.3 Å². The van der Waals surface area contributed by atoms with Crippen LogP contribution in [0.25, 0.3) is 0 Å². The van der Waals surface area contributed by atoms with E-state index in [0.717, 1.165) is 24.3 Å². The first-order chi connectivity index (χ1) is 12.9. The molecule has 0 fully saturated rings. The van der Waals surface area contributed by atoms with Crippen molar-refractivity contribution in [3.8, 4) is 5.75 Å². The van der Waals surface area contributed by atoms with Crippen LogP contribution in [-0.2, 0) is 0 Å². The van der Waals surface area contributed by atoms with E-state index in [0.29, 0.717) is 10.8 Å². The smallest absolute Gasteiger partial charge is 0.281 e. The molecule has 1 N–H and O–H groups in total. The number of nitrogens with one attached hydrogen (secondary N) is 1. The van der Waals surface area contributed by atoms with E-state index in [1.165, 1.54) is 22.6 Å². The zero-order valence-corrected chi connectivity index (χ0v) is 17.4. The van der Waals surface area contributed by atoms with Crippen LogP contribution in [0.3, 0.4) is 0 Å². The molecule has 1 aliphatic heterocycles. The van der Waals surface area contributed by atoms with Gasteiger partial charge < -0.3 is 9.64 Å². The number of fused-ring (bicyclic) bond motifs is 1. The highest BCUT2D eigenvalue weighted by Crippen LogP contribution is 2.45. The summed E-state index contributed by atoms with van der Waals surface area (Å²) >= 11 is 1.39. The van der Waals surface area contributed by atoms with Gasteiger partial charge in [0.2, 0.25) is 0 Å². The van der Waals surface area contributed by atoms with Gasteiger partial charge in [0.05, 0.1) is 18.2 Å². The molecule has 5 nitrogen and oxygen atoms in total. The Hall–Kier alpha value is -2.34. The number of amides is 1. The lowest BCUT2D eigenvalue weighted by Gasteiger charge is -2.47. The number of hydrogen-bond donors (Lipinski definition) is 1. The summed E-state index contributed by atoms with van der Waals surface area (Å²) in [5.74, 6) is 0.994. The Balaban J connectivity index is 1.90. The topological polar surface area (TPSA) is 53.9 Å². The highest BCUT2D eigenvalue weighted by atomic mass is 32.1. The van der Waals surface area contributed by atoms with E-state index < -0.39 is 0 Å². The number of nitrogens with zero attached hydrogens (tertiary/aromatic N) is 2. The third-order valence-electron chi connectivity index (χ3n) is 5.17. The lowest BCUT2D eigenvalue weighted by atomic mass is 9.79. The largest absolute Gasteiger partial charge is 0.496 e. The minimum absolute atomic E-state index is 0.108. The van der Waals surface area contributed by atoms with Gasteiger partial charge in [-0.05, 0) is 56.2 Å². The normalized spacial score (nSPS) is 18.4. The first-order valence-corrected chi connectivity index (χ1v) is 10.1. The van der Waals surface area contributed by atoms with Crippen LogP contribution < -0.4 is 15.1 Å². The molecule has 1 aromatic carbocycles. The summed E-state index contributed by atoms with van der Waals surface area (Å²) in [7, 11) is 1.66. The molecule has 2 aromatic rings. The molecule has 1 aromatic heterocycles. The Bertz CT molecular complexity index is 843. The van der Waals surface area contributed by atoms with Crippen molar-refractivity contribution < 1.29 is 9.53 Å². The van der Waals surface area contributed by atoms with Crippen molar-refractivity contribution in [1.29, 1.82) is 0 Å². The van der Waals surface area contributed by atoms with Crippen molar-refractivity contribution in [2.24, 2.45) is 5.10 Å². The Morgan fingerprint density at radius 3 is 2.89 bits per heavy atom. The van der Waals surface area contributed by atoms with Gasteiger partial charge in [-0.3, -0.25) is 4.79 Å². The second-order valence-corrected chi connectivity index (χ2v) is 8.44. The fraction of sp³-hybridized carbons (Fsp3) is 0.429. The number of ether oxygens (including phenoxy) is 1. The van der Waals surface area contributed by atoms with Gasteiger partial charge in [-0.1, -0.05) is 13.0 Å². The summed E-state index contributed by atoms with van der Waals surface area (Å²) in [6.45, 7) is 9.97. The van der Waals surface area contributed by atoms with Crippen molar-refractivity contribution in [3.63, 3.8) is 0 Å². The summed E-state index contributed by atoms with van der Waals surface area (Å²) in [6.07, 6.45) is 2.75. The van der Waals surface area contributed by atoms with E-state index in [-0.39, 0.29) is 11.4 Å². The number of rotatable bonds is 5. The molecular weight excluding hydrogens is 358 g/mol. The second kappa shape index (κ2) is 7.72. The average Bonchev–Trinajstić information content (AvgIpc) is 3.16. The van der Waals surface area contributed by atoms with Gasteiger partial charge in [0.15, 0.2) is 0 Å². The predicted molar refractivity (Wildman–Crippen MR) is 113 cm³/mol. The van der Waals surface area contributed by atoms with Crippen LogP contribution in [0.15, 0.2) is 34.7 Å². The summed E-state index contributed by atoms with van der Waals surface area (Å²) < 4.78 is 5.61. The van der Waals surface area contributed by atoms with Crippen molar-refractivity contribution in [2.75, 3.05) is 18.6 Å². The maximum absolute atomic E-state index is 12.0. The molecule has 0 radical (unpaired) electrons. The molecule has 1 amide bonds. The van der Waals surface area contributed by atoms with Gasteiger partial charge in [0.25, 0.3) is 5.91 Å². The molecule has 0 spiro atoms. The van der Waals surface area contributed by atoms with Crippen LogP contribution in [0, 0.1) is 0 Å². The fourth-order valence-corrected chi connectivity index (χ4v) is 4.64. The fourth-order valence-electron chi connectivity index (χ4n) is 4.03. The molecule has 1 aliphatic rings. The molecule has 0 saturated heterocycles. The van der Waals surface area contributed by atoms with Crippen LogP contribution in [0.4, 0.5) is 5.69 Å². The quantitative estimate of drug-likeness (QED) is 0.603. The molecule has 1 atom stereocenters. The molecule has 1 unspecified atom stereocenters. The third kappa shape index (κ3) is 3.86. The molecule has 27 heavy (non-hydrogen) atoms. The number of thiophene rings is 1. The van der Waals surface area contributed by atoms with E-state index in [1.54, 1.807) is 19.4 Å². The highest BCUT2D eigenvalue weighted by Gasteiger charge is 2.36. The Morgan fingerprint density at radius 1 is 1.48 bits per heavy atom. The maximum atomic E-state index is 12.0. The third-order valence-corrected chi connectivity index (χ3v) is 6.04. The van der Waals surface area contributed by atoms with Gasteiger partial charge in [0, 0.05) is 29.4 Å². The molecule has 6 heteroatoms. The lowest BCUT2D eigenvalue weighted by molar-refractivity contribution is 0.0959. The number of carbonyl (C=O) groups is 1. The second-order valence-electron chi connectivity index (χ2n) is 7.49. The van der Waals surface area contributed by atoms with Crippen LogP contribution >= 0.6 is 11.3 Å². The molecule has 3 rings (SSSR count). The lowest BCUT2D eigenvalue weighted by Crippen LogP contribution is -2.48. The maximum Gasteiger partial charge on any atom is 0.281 e. The SMILES string of the molecule is CCN1c2cc(OC)c(/C=N/NC(=O)c3cccs3)cc2C(C)CC1(C)C. The first kappa shape index (κ1) is 19.4. The van der Waals surface area contributed by atoms with Gasteiger partial charge >= 0.3 is 0 Å². The van der Waals surface area contributed by atoms with E-state index in [4.69, 9.17) is 4.74 Å². The zero-order valence-electron chi connectivity index (χ0n) is 16.6. The number of hydrazone groups is 1. The van der Waals surface area contributed by atoms with Gasteiger partial charge in [0.1, 0.15) is 5.75 Å². The van der Waals surface area contributed by atoms with Crippen molar-refractivity contribution in [3.05, 3.63) is 45.6 Å². The molecule has 2 heterocycles. The highest BCUT2D eigenvalue weighted by molar-refractivity contribution is 7.12. The van der Waals surface area contributed by atoms with Gasteiger partial charge in [-0.15, -0.1) is 11.3 Å². The number of anilines is 1. The Morgan fingerprint density at radius 2 is 2.26 bits per heavy atom. The molecular formula is C21H27N3O2S. The van der Waals surface area contributed by atoms with E-state index in [9.17, 15) is 4.79 Å². The number of hydrogen-bond acceptors (Lipinski definition) is 5. The van der Waals surface area contributed by atoms with E-state index in [2.05, 4.69) is 55.3 Å².